The number of hydrogen-bond donors (Lipinski definition) is 2. The molecule has 20 heavy (non-hydrogen) atoms. The second kappa shape index (κ2) is 6.90. The maximum absolute atomic E-state index is 12.3. The number of likely N-dealkylation sites (tertiary alicyclic amines) is 1. The van der Waals surface area contributed by atoms with Crippen molar-refractivity contribution >= 4 is 5.91 Å². The van der Waals surface area contributed by atoms with E-state index in [0.29, 0.717) is 6.04 Å². The van der Waals surface area contributed by atoms with E-state index >= 15 is 0 Å². The predicted molar refractivity (Wildman–Crippen MR) is 82.7 cm³/mol. The SMILES string of the molecule is CC(C)(C)N1CCC(NC(=O)C2CCCCCN2)CC1. The third kappa shape index (κ3) is 4.45. The number of carbonyl (C=O) groups is 1. The minimum Gasteiger partial charge on any atom is -0.352 e. The molecule has 2 rings (SSSR count). The van der Waals surface area contributed by atoms with Crippen LogP contribution in [0.25, 0.3) is 0 Å². The van der Waals surface area contributed by atoms with Gasteiger partial charge in [0.25, 0.3) is 0 Å². The summed E-state index contributed by atoms with van der Waals surface area (Å²) in [5.41, 5.74) is 0.248. The van der Waals surface area contributed by atoms with E-state index in [2.05, 4.69) is 36.3 Å². The maximum atomic E-state index is 12.3. The summed E-state index contributed by atoms with van der Waals surface area (Å²) in [5, 5.41) is 6.64. The minimum absolute atomic E-state index is 0.0399. The van der Waals surface area contributed by atoms with Crippen LogP contribution in [0.4, 0.5) is 0 Å². The smallest absolute Gasteiger partial charge is 0.237 e. The van der Waals surface area contributed by atoms with Crippen LogP contribution in [-0.4, -0.2) is 48.1 Å². The van der Waals surface area contributed by atoms with Gasteiger partial charge in [-0.05, 0) is 53.0 Å². The standard InChI is InChI=1S/C16H31N3O/c1-16(2,3)19-11-8-13(9-12-19)18-15(20)14-7-5-4-6-10-17-14/h13-14,17H,4-12H2,1-3H3,(H,18,20). The Morgan fingerprint density at radius 2 is 1.80 bits per heavy atom. The lowest BCUT2D eigenvalue weighted by atomic mass is 9.97. The van der Waals surface area contributed by atoms with Crippen LogP contribution in [-0.2, 0) is 4.79 Å². The molecule has 1 atom stereocenters. The molecule has 0 saturated carbocycles. The molecule has 4 heteroatoms. The molecule has 4 nitrogen and oxygen atoms in total. The predicted octanol–water partition coefficient (Wildman–Crippen LogP) is 1.90. The number of amides is 1. The van der Waals surface area contributed by atoms with Crippen molar-refractivity contribution in [3.05, 3.63) is 0 Å². The molecule has 1 amide bonds. The Labute approximate surface area is 123 Å². The molecular weight excluding hydrogens is 250 g/mol. The van der Waals surface area contributed by atoms with Crippen molar-refractivity contribution in [3.8, 4) is 0 Å². The van der Waals surface area contributed by atoms with Crippen molar-refractivity contribution in [2.24, 2.45) is 0 Å². The Hall–Kier alpha value is -0.610. The summed E-state index contributed by atoms with van der Waals surface area (Å²) in [5.74, 6) is 0.223. The van der Waals surface area contributed by atoms with E-state index in [1.165, 1.54) is 19.3 Å². The lowest BCUT2D eigenvalue weighted by molar-refractivity contribution is -0.124. The number of nitrogens with zero attached hydrogens (tertiary/aromatic N) is 1. The second-order valence-electron chi connectivity index (χ2n) is 7.30. The normalized spacial score (nSPS) is 27.1. The van der Waals surface area contributed by atoms with Crippen LogP contribution >= 0.6 is 0 Å². The zero-order valence-corrected chi connectivity index (χ0v) is 13.4. The minimum atomic E-state index is 0.0399. The maximum Gasteiger partial charge on any atom is 0.237 e. The molecule has 2 heterocycles. The van der Waals surface area contributed by atoms with Crippen LogP contribution in [0.15, 0.2) is 0 Å². The highest BCUT2D eigenvalue weighted by atomic mass is 16.2. The molecule has 0 spiro atoms. The summed E-state index contributed by atoms with van der Waals surface area (Å²) in [4.78, 5) is 14.8. The monoisotopic (exact) mass is 281 g/mol. The quantitative estimate of drug-likeness (QED) is 0.812. The Morgan fingerprint density at radius 1 is 1.10 bits per heavy atom. The van der Waals surface area contributed by atoms with Crippen molar-refractivity contribution in [3.63, 3.8) is 0 Å². The van der Waals surface area contributed by atoms with Crippen molar-refractivity contribution in [2.75, 3.05) is 19.6 Å². The Kier molecular flexibility index (Phi) is 5.44. The fraction of sp³-hybridized carbons (Fsp3) is 0.938. The fourth-order valence-electron chi connectivity index (χ4n) is 3.25. The van der Waals surface area contributed by atoms with Gasteiger partial charge in [-0.15, -0.1) is 0 Å². The summed E-state index contributed by atoms with van der Waals surface area (Å²) >= 11 is 0. The van der Waals surface area contributed by atoms with Crippen LogP contribution in [0, 0.1) is 0 Å². The van der Waals surface area contributed by atoms with E-state index in [9.17, 15) is 4.79 Å². The average molecular weight is 281 g/mol. The van der Waals surface area contributed by atoms with Crippen molar-refractivity contribution in [1.29, 1.82) is 0 Å². The molecule has 0 aliphatic carbocycles. The van der Waals surface area contributed by atoms with E-state index in [1.54, 1.807) is 0 Å². The van der Waals surface area contributed by atoms with E-state index < -0.39 is 0 Å². The Morgan fingerprint density at radius 3 is 2.45 bits per heavy atom. The number of carbonyl (C=O) groups excluding carboxylic acids is 1. The molecule has 116 valence electrons. The van der Waals surface area contributed by atoms with Crippen LogP contribution in [0.5, 0.6) is 0 Å². The molecule has 0 aromatic rings. The van der Waals surface area contributed by atoms with Gasteiger partial charge in [-0.1, -0.05) is 12.8 Å². The first-order valence-corrected chi connectivity index (χ1v) is 8.25. The van der Waals surface area contributed by atoms with E-state index in [0.717, 1.165) is 38.9 Å². The summed E-state index contributed by atoms with van der Waals surface area (Å²) in [6.07, 6.45) is 6.78. The van der Waals surface area contributed by atoms with Gasteiger partial charge in [0.15, 0.2) is 0 Å². The lowest BCUT2D eigenvalue weighted by Gasteiger charge is -2.41. The highest BCUT2D eigenvalue weighted by Gasteiger charge is 2.29. The first kappa shape index (κ1) is 15.8. The summed E-state index contributed by atoms with van der Waals surface area (Å²) < 4.78 is 0. The van der Waals surface area contributed by atoms with Gasteiger partial charge in [0.2, 0.25) is 5.91 Å². The second-order valence-corrected chi connectivity index (χ2v) is 7.30. The molecule has 2 N–H and O–H groups in total. The summed E-state index contributed by atoms with van der Waals surface area (Å²) in [7, 11) is 0. The van der Waals surface area contributed by atoms with Gasteiger partial charge >= 0.3 is 0 Å². The van der Waals surface area contributed by atoms with E-state index in [4.69, 9.17) is 0 Å². The molecular formula is C16H31N3O. The molecule has 0 aromatic heterocycles. The molecule has 2 fully saturated rings. The van der Waals surface area contributed by atoms with Gasteiger partial charge in [0, 0.05) is 24.7 Å². The highest BCUT2D eigenvalue weighted by Crippen LogP contribution is 2.20. The van der Waals surface area contributed by atoms with Gasteiger partial charge in [-0.25, -0.2) is 0 Å². The Balaban J connectivity index is 1.75. The third-order valence-electron chi connectivity index (χ3n) is 4.67. The third-order valence-corrected chi connectivity index (χ3v) is 4.67. The van der Waals surface area contributed by atoms with Crippen LogP contribution < -0.4 is 10.6 Å². The zero-order chi connectivity index (χ0) is 14.6. The van der Waals surface area contributed by atoms with Crippen molar-refractivity contribution < 1.29 is 4.79 Å². The average Bonchev–Trinajstić information content (AvgIpc) is 2.67. The van der Waals surface area contributed by atoms with E-state index in [-0.39, 0.29) is 17.5 Å². The van der Waals surface area contributed by atoms with E-state index in [1.807, 2.05) is 0 Å². The molecule has 0 aromatic carbocycles. The van der Waals surface area contributed by atoms with Crippen molar-refractivity contribution in [1.82, 2.24) is 15.5 Å². The molecule has 0 bridgehead atoms. The summed E-state index contributed by atoms with van der Waals surface area (Å²) in [6.45, 7) is 9.96. The Bertz CT molecular complexity index is 308. The molecule has 2 aliphatic heterocycles. The van der Waals surface area contributed by atoms with Gasteiger partial charge in [0.1, 0.15) is 0 Å². The molecule has 1 unspecified atom stereocenters. The topological polar surface area (TPSA) is 44.4 Å². The lowest BCUT2D eigenvalue weighted by Crippen LogP contribution is -2.53. The number of hydrogen-bond acceptors (Lipinski definition) is 3. The van der Waals surface area contributed by atoms with Crippen molar-refractivity contribution in [2.45, 2.75) is 76.9 Å². The number of piperidine rings is 1. The first-order valence-electron chi connectivity index (χ1n) is 8.25. The van der Waals surface area contributed by atoms with Crippen LogP contribution in [0.1, 0.15) is 59.3 Å². The summed E-state index contributed by atoms with van der Waals surface area (Å²) in [6, 6.07) is 0.407. The number of rotatable bonds is 2. The molecule has 0 radical (unpaired) electrons. The first-order chi connectivity index (χ1) is 9.47. The fourth-order valence-corrected chi connectivity index (χ4v) is 3.25. The molecule has 2 saturated heterocycles. The van der Waals surface area contributed by atoms with Gasteiger partial charge in [0.05, 0.1) is 6.04 Å². The van der Waals surface area contributed by atoms with Gasteiger partial charge in [-0.3, -0.25) is 9.69 Å². The number of nitrogens with one attached hydrogen (secondary N) is 2. The van der Waals surface area contributed by atoms with Crippen LogP contribution in [0.2, 0.25) is 0 Å². The largest absolute Gasteiger partial charge is 0.352 e. The highest BCUT2D eigenvalue weighted by molar-refractivity contribution is 5.82. The molecule has 2 aliphatic rings. The van der Waals surface area contributed by atoms with Crippen LogP contribution in [0.3, 0.4) is 0 Å². The van der Waals surface area contributed by atoms with Gasteiger partial charge < -0.3 is 10.6 Å². The zero-order valence-electron chi connectivity index (χ0n) is 13.4. The van der Waals surface area contributed by atoms with Gasteiger partial charge in [-0.2, -0.15) is 0 Å².